The predicted octanol–water partition coefficient (Wildman–Crippen LogP) is 1.99. The summed E-state index contributed by atoms with van der Waals surface area (Å²) in [4.78, 5) is 14.0. The van der Waals surface area contributed by atoms with Crippen molar-refractivity contribution in [3.05, 3.63) is 59.8 Å². The number of carbonyl (C=O) groups is 1. The molecule has 1 fully saturated rings. The van der Waals surface area contributed by atoms with Crippen molar-refractivity contribution < 1.29 is 22.0 Å². The Morgan fingerprint density at radius 2 is 1.71 bits per heavy atom. The minimum absolute atomic E-state index is 0.0510. The lowest BCUT2D eigenvalue weighted by Gasteiger charge is -2.33. The van der Waals surface area contributed by atoms with Gasteiger partial charge in [-0.25, -0.2) is 17.2 Å². The van der Waals surface area contributed by atoms with E-state index in [1.165, 1.54) is 4.90 Å². The van der Waals surface area contributed by atoms with Gasteiger partial charge in [-0.2, -0.15) is 9.40 Å². The van der Waals surface area contributed by atoms with Gasteiger partial charge in [0.25, 0.3) is 5.91 Å². The van der Waals surface area contributed by atoms with Gasteiger partial charge in [0.2, 0.25) is 10.0 Å². The molecule has 1 saturated heterocycles. The normalized spacial score (nSPS) is 15.9. The molecule has 0 aliphatic carbocycles. The molecule has 1 aliphatic rings. The highest BCUT2D eigenvalue weighted by atomic mass is 32.2. The number of para-hydroxylation sites is 1. The number of halogens is 2. The van der Waals surface area contributed by atoms with Crippen molar-refractivity contribution >= 4 is 26.8 Å². The van der Waals surface area contributed by atoms with Crippen molar-refractivity contribution in [2.75, 3.05) is 26.2 Å². The molecular weight excluding hydrogens is 390 g/mol. The second-order valence-electron chi connectivity index (χ2n) is 6.39. The Kier molecular flexibility index (Phi) is 4.60. The van der Waals surface area contributed by atoms with E-state index >= 15 is 0 Å². The molecule has 28 heavy (non-hydrogen) atoms. The van der Waals surface area contributed by atoms with Crippen molar-refractivity contribution in [1.82, 2.24) is 19.4 Å². The van der Waals surface area contributed by atoms with Crippen LogP contribution in [0.2, 0.25) is 0 Å². The van der Waals surface area contributed by atoms with E-state index < -0.39 is 21.7 Å². The summed E-state index contributed by atoms with van der Waals surface area (Å²) in [5, 5.41) is 7.58. The van der Waals surface area contributed by atoms with Crippen molar-refractivity contribution in [2.24, 2.45) is 0 Å². The number of aromatic nitrogens is 2. The van der Waals surface area contributed by atoms with E-state index in [0.29, 0.717) is 11.5 Å². The third-order valence-electron chi connectivity index (χ3n) is 4.73. The first-order valence-corrected chi connectivity index (χ1v) is 9.99. The first-order chi connectivity index (χ1) is 13.4. The van der Waals surface area contributed by atoms with Crippen LogP contribution in [0.1, 0.15) is 10.5 Å². The zero-order valence-electron chi connectivity index (χ0n) is 14.6. The SMILES string of the molecule is O=C(c1n[nH]c2ccccc12)N1CCN(S(=O)(=O)c2ccc(F)c(F)c2)CC1. The van der Waals surface area contributed by atoms with Gasteiger partial charge in [0.1, 0.15) is 0 Å². The van der Waals surface area contributed by atoms with Gasteiger partial charge in [-0.15, -0.1) is 0 Å². The third kappa shape index (κ3) is 3.14. The summed E-state index contributed by atoms with van der Waals surface area (Å²) in [7, 11) is -3.97. The molecule has 1 N–H and O–H groups in total. The summed E-state index contributed by atoms with van der Waals surface area (Å²) in [6.07, 6.45) is 0. The number of piperazine rings is 1. The Balaban J connectivity index is 1.49. The minimum atomic E-state index is -3.97. The number of fused-ring (bicyclic) bond motifs is 1. The molecule has 0 spiro atoms. The molecule has 0 radical (unpaired) electrons. The van der Waals surface area contributed by atoms with Gasteiger partial charge in [0.15, 0.2) is 17.3 Å². The van der Waals surface area contributed by atoms with E-state index in [1.54, 1.807) is 12.1 Å². The van der Waals surface area contributed by atoms with Crippen LogP contribution in [-0.2, 0) is 10.0 Å². The van der Waals surface area contributed by atoms with Crippen LogP contribution in [0.25, 0.3) is 10.9 Å². The van der Waals surface area contributed by atoms with Crippen molar-refractivity contribution in [2.45, 2.75) is 4.90 Å². The summed E-state index contributed by atoms with van der Waals surface area (Å²) in [6.45, 7) is 0.441. The van der Waals surface area contributed by atoms with E-state index in [9.17, 15) is 22.0 Å². The van der Waals surface area contributed by atoms with Crippen molar-refractivity contribution in [1.29, 1.82) is 0 Å². The van der Waals surface area contributed by atoms with Gasteiger partial charge in [-0.3, -0.25) is 9.89 Å². The number of hydrogen-bond donors (Lipinski definition) is 1. The Morgan fingerprint density at radius 3 is 2.43 bits per heavy atom. The van der Waals surface area contributed by atoms with Gasteiger partial charge in [-0.1, -0.05) is 18.2 Å². The Hall–Kier alpha value is -2.85. The lowest BCUT2D eigenvalue weighted by atomic mass is 10.2. The standard InChI is InChI=1S/C18H16F2N4O3S/c19-14-6-5-12(11-15(14)20)28(26,27)24-9-7-23(8-10-24)18(25)17-13-3-1-2-4-16(13)21-22-17/h1-6,11H,7-10H2,(H,21,22). The summed E-state index contributed by atoms with van der Waals surface area (Å²) in [5.74, 6) is -2.62. The highest BCUT2D eigenvalue weighted by molar-refractivity contribution is 7.89. The molecule has 4 rings (SSSR count). The number of rotatable bonds is 3. The molecule has 1 aromatic heterocycles. The first kappa shape index (κ1) is 18.5. The van der Waals surface area contributed by atoms with Crippen LogP contribution in [0.15, 0.2) is 47.4 Å². The molecule has 1 amide bonds. The third-order valence-corrected chi connectivity index (χ3v) is 6.62. The van der Waals surface area contributed by atoms with Crippen molar-refractivity contribution in [3.63, 3.8) is 0 Å². The van der Waals surface area contributed by atoms with Crippen LogP contribution in [0.4, 0.5) is 8.78 Å². The second kappa shape index (κ2) is 6.95. The second-order valence-corrected chi connectivity index (χ2v) is 8.33. The molecule has 7 nitrogen and oxygen atoms in total. The molecule has 10 heteroatoms. The maximum Gasteiger partial charge on any atom is 0.275 e. The predicted molar refractivity (Wildman–Crippen MR) is 97.1 cm³/mol. The topological polar surface area (TPSA) is 86.4 Å². The lowest BCUT2D eigenvalue weighted by Crippen LogP contribution is -2.50. The van der Waals surface area contributed by atoms with E-state index in [0.717, 1.165) is 22.0 Å². The molecule has 0 atom stereocenters. The number of aromatic amines is 1. The fourth-order valence-electron chi connectivity index (χ4n) is 3.19. The number of hydrogen-bond acceptors (Lipinski definition) is 4. The molecular formula is C18H16F2N4O3S. The van der Waals surface area contributed by atoms with E-state index in [2.05, 4.69) is 10.2 Å². The maximum absolute atomic E-state index is 13.4. The van der Waals surface area contributed by atoms with Crippen LogP contribution in [-0.4, -0.2) is 59.9 Å². The number of amides is 1. The van der Waals surface area contributed by atoms with Gasteiger partial charge in [-0.05, 0) is 24.3 Å². The largest absolute Gasteiger partial charge is 0.335 e. The summed E-state index contributed by atoms with van der Waals surface area (Å²) in [5.41, 5.74) is 1.03. The first-order valence-electron chi connectivity index (χ1n) is 8.55. The van der Waals surface area contributed by atoms with E-state index in [-0.39, 0.29) is 42.7 Å². The molecule has 0 bridgehead atoms. The minimum Gasteiger partial charge on any atom is -0.335 e. The monoisotopic (exact) mass is 406 g/mol. The number of sulfonamides is 1. The van der Waals surface area contributed by atoms with Gasteiger partial charge >= 0.3 is 0 Å². The molecule has 2 heterocycles. The number of benzene rings is 2. The summed E-state index contributed by atoms with van der Waals surface area (Å²) >= 11 is 0. The fourth-order valence-corrected chi connectivity index (χ4v) is 4.63. The van der Waals surface area contributed by atoms with Crippen LogP contribution in [0.5, 0.6) is 0 Å². The van der Waals surface area contributed by atoms with Crippen LogP contribution in [0, 0.1) is 11.6 Å². The van der Waals surface area contributed by atoms with E-state index in [4.69, 9.17) is 0 Å². The Bertz CT molecular complexity index is 1150. The molecule has 1 aliphatic heterocycles. The fraction of sp³-hybridized carbons (Fsp3) is 0.222. The van der Waals surface area contributed by atoms with Gasteiger partial charge in [0, 0.05) is 31.6 Å². The number of nitrogens with one attached hydrogen (secondary N) is 1. The molecule has 146 valence electrons. The Morgan fingerprint density at radius 1 is 1.00 bits per heavy atom. The van der Waals surface area contributed by atoms with Crippen LogP contribution < -0.4 is 0 Å². The van der Waals surface area contributed by atoms with Gasteiger partial charge < -0.3 is 4.90 Å². The highest BCUT2D eigenvalue weighted by Gasteiger charge is 2.32. The lowest BCUT2D eigenvalue weighted by molar-refractivity contribution is 0.0694. The zero-order valence-corrected chi connectivity index (χ0v) is 15.4. The van der Waals surface area contributed by atoms with Crippen molar-refractivity contribution in [3.8, 4) is 0 Å². The number of nitrogens with zero attached hydrogens (tertiary/aromatic N) is 3. The maximum atomic E-state index is 13.4. The number of H-pyrrole nitrogens is 1. The summed E-state index contributed by atoms with van der Waals surface area (Å²) in [6, 6.07) is 9.71. The van der Waals surface area contributed by atoms with Gasteiger partial charge in [0.05, 0.1) is 10.4 Å². The van der Waals surface area contributed by atoms with Crippen LogP contribution >= 0.6 is 0 Å². The highest BCUT2D eigenvalue weighted by Crippen LogP contribution is 2.22. The van der Waals surface area contributed by atoms with E-state index in [1.807, 2.05) is 12.1 Å². The summed E-state index contributed by atoms with van der Waals surface area (Å²) < 4.78 is 52.9. The molecule has 0 unspecified atom stereocenters. The molecule has 0 saturated carbocycles. The Labute approximate surface area is 159 Å². The smallest absolute Gasteiger partial charge is 0.275 e. The number of carbonyl (C=O) groups excluding carboxylic acids is 1. The average Bonchev–Trinajstić information content (AvgIpc) is 3.13. The zero-order chi connectivity index (χ0) is 19.9. The van der Waals surface area contributed by atoms with Crippen LogP contribution in [0.3, 0.4) is 0 Å². The quantitative estimate of drug-likeness (QED) is 0.721. The average molecular weight is 406 g/mol. The molecule has 3 aromatic rings. The molecule has 2 aromatic carbocycles.